The van der Waals surface area contributed by atoms with E-state index in [0.717, 1.165) is 25.6 Å². The minimum Gasteiger partial charge on any atom is -0.322 e. The molecule has 23 heavy (non-hydrogen) atoms. The first kappa shape index (κ1) is 16.5. The van der Waals surface area contributed by atoms with E-state index in [4.69, 9.17) is 0 Å². The first-order chi connectivity index (χ1) is 11.2. The van der Waals surface area contributed by atoms with E-state index in [0.29, 0.717) is 5.56 Å². The van der Waals surface area contributed by atoms with Gasteiger partial charge in [0.25, 0.3) is 5.91 Å². The van der Waals surface area contributed by atoms with E-state index in [2.05, 4.69) is 32.9 Å². The number of hydrogen-bond acceptors (Lipinski definition) is 4. The molecule has 0 saturated carbocycles. The third kappa shape index (κ3) is 4.55. The van der Waals surface area contributed by atoms with Gasteiger partial charge in [0.2, 0.25) is 0 Å². The molecule has 116 valence electrons. The zero-order chi connectivity index (χ0) is 16.1. The minimum atomic E-state index is -0.0895. The van der Waals surface area contributed by atoms with Gasteiger partial charge in [0.05, 0.1) is 16.8 Å². The Balaban J connectivity index is 1.75. The van der Waals surface area contributed by atoms with Gasteiger partial charge in [-0.15, -0.1) is 23.1 Å². The summed E-state index contributed by atoms with van der Waals surface area (Å²) in [5, 5.41) is 4.99. The van der Waals surface area contributed by atoms with Gasteiger partial charge in [-0.2, -0.15) is 0 Å². The van der Waals surface area contributed by atoms with Gasteiger partial charge < -0.3 is 5.32 Å². The lowest BCUT2D eigenvalue weighted by molar-refractivity contribution is 0.102. The Labute approximate surface area is 156 Å². The van der Waals surface area contributed by atoms with E-state index in [1.165, 1.54) is 0 Å². The fraction of sp³-hybridized carbons (Fsp3) is 0.0588. The summed E-state index contributed by atoms with van der Waals surface area (Å²) >= 11 is 5.44. The lowest BCUT2D eigenvalue weighted by Crippen LogP contribution is -2.13. The molecular formula is C17H13IN2OS2. The average Bonchev–Trinajstić information content (AvgIpc) is 3.06. The normalized spacial score (nSPS) is 10.5. The largest absolute Gasteiger partial charge is 0.322 e. The fourth-order valence-corrected chi connectivity index (χ4v) is 4.16. The zero-order valence-electron chi connectivity index (χ0n) is 12.0. The molecule has 0 saturated heterocycles. The molecule has 0 unspecified atom stereocenters. The molecule has 1 aromatic heterocycles. The molecule has 1 heterocycles. The van der Waals surface area contributed by atoms with Gasteiger partial charge >= 0.3 is 0 Å². The van der Waals surface area contributed by atoms with Crippen LogP contribution < -0.4 is 5.32 Å². The third-order valence-electron chi connectivity index (χ3n) is 3.07. The van der Waals surface area contributed by atoms with Gasteiger partial charge in [0.1, 0.15) is 0 Å². The lowest BCUT2D eigenvalue weighted by Gasteiger charge is -2.10. The predicted molar refractivity (Wildman–Crippen MR) is 105 cm³/mol. The van der Waals surface area contributed by atoms with Gasteiger partial charge in [-0.3, -0.25) is 4.79 Å². The summed E-state index contributed by atoms with van der Waals surface area (Å²) < 4.78 is 1.09. The minimum absolute atomic E-state index is 0.0895. The summed E-state index contributed by atoms with van der Waals surface area (Å²) in [7, 11) is 0. The van der Waals surface area contributed by atoms with Crippen LogP contribution in [0.25, 0.3) is 0 Å². The van der Waals surface area contributed by atoms with Crippen LogP contribution in [0, 0.1) is 3.57 Å². The second kappa shape index (κ2) is 7.94. The maximum Gasteiger partial charge on any atom is 0.256 e. The molecule has 0 atom stereocenters. The number of hydrogen-bond donors (Lipinski definition) is 1. The number of thioether (sulfide) groups is 1. The van der Waals surface area contributed by atoms with Crippen LogP contribution in [0.3, 0.4) is 0 Å². The highest BCUT2D eigenvalue weighted by atomic mass is 127. The Morgan fingerprint density at radius 3 is 2.87 bits per heavy atom. The number of amides is 1. The third-order valence-corrected chi connectivity index (χ3v) is 5.49. The van der Waals surface area contributed by atoms with E-state index in [1.54, 1.807) is 23.1 Å². The summed E-state index contributed by atoms with van der Waals surface area (Å²) in [5.41, 5.74) is 4.35. The van der Waals surface area contributed by atoms with Gasteiger partial charge in [-0.1, -0.05) is 18.2 Å². The quantitative estimate of drug-likeness (QED) is 0.423. The van der Waals surface area contributed by atoms with Crippen LogP contribution in [0.15, 0.2) is 64.3 Å². The van der Waals surface area contributed by atoms with Crippen molar-refractivity contribution in [2.24, 2.45) is 0 Å². The molecule has 1 N–H and O–H groups in total. The highest BCUT2D eigenvalue weighted by Crippen LogP contribution is 2.27. The molecule has 0 radical (unpaired) electrons. The van der Waals surface area contributed by atoms with Crippen LogP contribution in [0.2, 0.25) is 0 Å². The molecule has 0 bridgehead atoms. The number of nitrogens with zero attached hydrogens (tertiary/aromatic N) is 1. The monoisotopic (exact) mass is 452 g/mol. The number of carbonyl (C=O) groups is 1. The molecule has 1 amide bonds. The Hall–Kier alpha value is -1.38. The van der Waals surface area contributed by atoms with Crippen LogP contribution in [-0.2, 0) is 5.75 Å². The fourth-order valence-electron chi connectivity index (χ4n) is 2.01. The van der Waals surface area contributed by atoms with Crippen molar-refractivity contribution >= 4 is 57.3 Å². The smallest absolute Gasteiger partial charge is 0.256 e. The standard InChI is InChI=1S/C17H13IN2OS2/c18-12-4-3-5-13(8-12)20-17(21)15-6-1-2-7-16(15)23-10-14-9-22-11-19-14/h1-9,11H,10H2,(H,20,21). The van der Waals surface area contributed by atoms with E-state index in [9.17, 15) is 4.79 Å². The first-order valence-electron chi connectivity index (χ1n) is 6.88. The van der Waals surface area contributed by atoms with Gasteiger partial charge in [0, 0.05) is 25.3 Å². The summed E-state index contributed by atoms with van der Waals surface area (Å²) in [5.74, 6) is 0.671. The van der Waals surface area contributed by atoms with Crippen molar-refractivity contribution in [3.05, 3.63) is 74.2 Å². The van der Waals surface area contributed by atoms with E-state index in [1.807, 2.05) is 59.4 Å². The molecule has 0 spiro atoms. The molecule has 3 aromatic rings. The van der Waals surface area contributed by atoms with Crippen LogP contribution in [0.4, 0.5) is 5.69 Å². The van der Waals surface area contributed by atoms with Crippen molar-refractivity contribution in [1.82, 2.24) is 4.98 Å². The Kier molecular flexibility index (Phi) is 5.69. The first-order valence-corrected chi connectivity index (χ1v) is 9.89. The van der Waals surface area contributed by atoms with Crippen LogP contribution in [-0.4, -0.2) is 10.9 Å². The highest BCUT2D eigenvalue weighted by molar-refractivity contribution is 14.1. The van der Waals surface area contributed by atoms with Crippen molar-refractivity contribution in [3.8, 4) is 0 Å². The summed E-state index contributed by atoms with van der Waals surface area (Å²) in [6.45, 7) is 0. The molecule has 3 rings (SSSR count). The Morgan fingerprint density at radius 1 is 1.22 bits per heavy atom. The van der Waals surface area contributed by atoms with Crippen molar-refractivity contribution in [2.45, 2.75) is 10.6 Å². The van der Waals surface area contributed by atoms with Crippen molar-refractivity contribution in [2.75, 3.05) is 5.32 Å². The van der Waals surface area contributed by atoms with Crippen molar-refractivity contribution < 1.29 is 4.79 Å². The summed E-state index contributed by atoms with van der Waals surface area (Å²) in [6.07, 6.45) is 0. The SMILES string of the molecule is O=C(Nc1cccc(I)c1)c1ccccc1SCc1cscn1. The molecule has 2 aromatic carbocycles. The summed E-state index contributed by atoms with van der Waals surface area (Å²) in [6, 6.07) is 15.4. The molecule has 0 aliphatic carbocycles. The number of rotatable bonds is 5. The second-order valence-electron chi connectivity index (χ2n) is 4.73. The number of carbonyl (C=O) groups excluding carboxylic acids is 1. The van der Waals surface area contributed by atoms with Crippen molar-refractivity contribution in [1.29, 1.82) is 0 Å². The topological polar surface area (TPSA) is 42.0 Å². The van der Waals surface area contributed by atoms with Gasteiger partial charge in [0.15, 0.2) is 0 Å². The number of thiazole rings is 1. The number of halogens is 1. The average molecular weight is 452 g/mol. The molecule has 6 heteroatoms. The molecule has 0 fully saturated rings. The lowest BCUT2D eigenvalue weighted by atomic mass is 10.2. The van der Waals surface area contributed by atoms with Crippen LogP contribution in [0.5, 0.6) is 0 Å². The number of nitrogens with one attached hydrogen (secondary N) is 1. The zero-order valence-corrected chi connectivity index (χ0v) is 15.8. The van der Waals surface area contributed by atoms with Crippen LogP contribution in [0.1, 0.15) is 16.1 Å². The van der Waals surface area contributed by atoms with E-state index < -0.39 is 0 Å². The van der Waals surface area contributed by atoms with Gasteiger partial charge in [-0.25, -0.2) is 4.98 Å². The second-order valence-corrected chi connectivity index (χ2v) is 7.71. The van der Waals surface area contributed by atoms with E-state index >= 15 is 0 Å². The highest BCUT2D eigenvalue weighted by Gasteiger charge is 2.12. The molecule has 0 aliphatic heterocycles. The molecule has 0 aliphatic rings. The Bertz CT molecular complexity index is 806. The molecular weight excluding hydrogens is 439 g/mol. The van der Waals surface area contributed by atoms with Crippen LogP contribution >= 0.6 is 45.7 Å². The van der Waals surface area contributed by atoms with Gasteiger partial charge in [-0.05, 0) is 52.9 Å². The number of benzene rings is 2. The Morgan fingerprint density at radius 2 is 2.09 bits per heavy atom. The van der Waals surface area contributed by atoms with Crippen molar-refractivity contribution in [3.63, 3.8) is 0 Å². The predicted octanol–water partition coefficient (Wildman–Crippen LogP) is 5.29. The summed E-state index contributed by atoms with van der Waals surface area (Å²) in [4.78, 5) is 17.8. The maximum atomic E-state index is 12.6. The maximum absolute atomic E-state index is 12.6. The number of aromatic nitrogens is 1. The van der Waals surface area contributed by atoms with E-state index in [-0.39, 0.29) is 5.91 Å². The molecule has 3 nitrogen and oxygen atoms in total. The number of anilines is 1.